The van der Waals surface area contributed by atoms with Gasteiger partial charge in [0.15, 0.2) is 6.10 Å². The highest BCUT2D eigenvalue weighted by Gasteiger charge is 2.24. The largest absolute Gasteiger partial charge is 0.507 e. The number of carbonyl (C=O) groups is 2. The van der Waals surface area contributed by atoms with Gasteiger partial charge in [-0.25, -0.2) is 4.79 Å². The molecular weight excluding hydrogens is 382 g/mol. The third kappa shape index (κ3) is 4.97. The molecule has 0 heterocycles. The first kappa shape index (κ1) is 20.9. The van der Waals surface area contributed by atoms with Crippen molar-refractivity contribution in [2.24, 2.45) is 0 Å². The highest BCUT2D eigenvalue weighted by atomic mass is 16.5. The van der Waals surface area contributed by atoms with Crippen molar-refractivity contribution in [2.75, 3.05) is 7.11 Å². The van der Waals surface area contributed by atoms with Gasteiger partial charge in [0, 0.05) is 6.07 Å². The minimum absolute atomic E-state index is 0.0434. The van der Waals surface area contributed by atoms with Crippen LogP contribution in [0.1, 0.15) is 34.5 Å². The van der Waals surface area contributed by atoms with Crippen LogP contribution in [0.5, 0.6) is 11.5 Å². The van der Waals surface area contributed by atoms with Crippen molar-refractivity contribution in [2.45, 2.75) is 19.1 Å². The Morgan fingerprint density at radius 2 is 1.47 bits per heavy atom. The molecule has 3 aromatic rings. The van der Waals surface area contributed by atoms with E-state index in [1.165, 1.54) is 32.2 Å². The Kier molecular flexibility index (Phi) is 6.70. The minimum Gasteiger partial charge on any atom is -0.507 e. The first-order chi connectivity index (χ1) is 14.5. The second-order valence-electron chi connectivity index (χ2n) is 6.69. The first-order valence-corrected chi connectivity index (χ1v) is 9.48. The maximum atomic E-state index is 12.8. The van der Waals surface area contributed by atoms with Gasteiger partial charge in [-0.1, -0.05) is 60.7 Å². The molecule has 0 fully saturated rings. The number of rotatable bonds is 7. The number of amides is 1. The van der Waals surface area contributed by atoms with Crippen LogP contribution in [0.25, 0.3) is 0 Å². The standard InChI is InChI=1S/C24H23NO5/c1-16(30-24(28)20-14-13-19(29-2)15-21(20)26)23(27)25-22(17-9-5-3-6-10-17)18-11-7-4-8-12-18/h3-16,22,26H,1-2H3,(H,25,27)/t16-/m0/s1. The van der Waals surface area contributed by atoms with Crippen LogP contribution in [0.3, 0.4) is 0 Å². The highest BCUT2D eigenvalue weighted by Crippen LogP contribution is 2.25. The molecule has 0 aliphatic carbocycles. The fraction of sp³-hybridized carbons (Fsp3) is 0.167. The van der Waals surface area contributed by atoms with E-state index in [1.54, 1.807) is 0 Å². The van der Waals surface area contributed by atoms with Gasteiger partial charge in [0.25, 0.3) is 5.91 Å². The van der Waals surface area contributed by atoms with Crippen LogP contribution in [0.2, 0.25) is 0 Å². The highest BCUT2D eigenvalue weighted by molar-refractivity contribution is 5.94. The van der Waals surface area contributed by atoms with Crippen molar-refractivity contribution in [1.82, 2.24) is 5.32 Å². The normalized spacial score (nSPS) is 11.6. The molecule has 6 heteroatoms. The molecule has 0 spiro atoms. The molecule has 0 saturated carbocycles. The molecule has 3 rings (SSSR count). The summed E-state index contributed by atoms with van der Waals surface area (Å²) < 4.78 is 10.3. The first-order valence-electron chi connectivity index (χ1n) is 9.48. The number of benzene rings is 3. The summed E-state index contributed by atoms with van der Waals surface area (Å²) in [5.74, 6) is -1.12. The molecule has 0 aromatic heterocycles. The van der Waals surface area contributed by atoms with Crippen LogP contribution in [0.15, 0.2) is 78.9 Å². The molecule has 6 nitrogen and oxygen atoms in total. The summed E-state index contributed by atoms with van der Waals surface area (Å²) in [5, 5.41) is 12.9. The number of ether oxygens (including phenoxy) is 2. The van der Waals surface area contributed by atoms with E-state index in [9.17, 15) is 14.7 Å². The van der Waals surface area contributed by atoms with E-state index in [1.807, 2.05) is 60.7 Å². The SMILES string of the molecule is COc1ccc(C(=O)O[C@@H](C)C(=O)NC(c2ccccc2)c2ccccc2)c(O)c1. The van der Waals surface area contributed by atoms with E-state index in [2.05, 4.69) is 5.32 Å². The topological polar surface area (TPSA) is 84.9 Å². The van der Waals surface area contributed by atoms with Crippen LogP contribution in [0, 0.1) is 0 Å². The predicted octanol–water partition coefficient (Wildman–Crippen LogP) is 3.85. The summed E-state index contributed by atoms with van der Waals surface area (Å²) in [5.41, 5.74) is 1.77. The molecule has 0 bridgehead atoms. The fourth-order valence-electron chi connectivity index (χ4n) is 3.00. The summed E-state index contributed by atoms with van der Waals surface area (Å²) in [6.45, 7) is 1.49. The lowest BCUT2D eigenvalue weighted by Crippen LogP contribution is -2.38. The zero-order valence-corrected chi connectivity index (χ0v) is 16.7. The number of phenolic OH excluding ortho intramolecular Hbond substituents is 1. The maximum Gasteiger partial charge on any atom is 0.342 e. The Labute approximate surface area is 175 Å². The van der Waals surface area contributed by atoms with Crippen molar-refractivity contribution in [3.63, 3.8) is 0 Å². The average Bonchev–Trinajstić information content (AvgIpc) is 2.78. The van der Waals surface area contributed by atoms with Gasteiger partial charge >= 0.3 is 5.97 Å². The molecule has 2 N–H and O–H groups in total. The van der Waals surface area contributed by atoms with Crippen LogP contribution in [0.4, 0.5) is 0 Å². The Hall–Kier alpha value is -3.80. The quantitative estimate of drug-likeness (QED) is 0.583. The number of carbonyl (C=O) groups excluding carboxylic acids is 2. The van der Waals surface area contributed by atoms with E-state index >= 15 is 0 Å². The molecule has 3 aromatic carbocycles. The van der Waals surface area contributed by atoms with Gasteiger partial charge in [0.2, 0.25) is 0 Å². The smallest absolute Gasteiger partial charge is 0.342 e. The van der Waals surface area contributed by atoms with Gasteiger partial charge in [-0.15, -0.1) is 0 Å². The van der Waals surface area contributed by atoms with E-state index in [0.717, 1.165) is 11.1 Å². The zero-order chi connectivity index (χ0) is 21.5. The molecular formula is C24H23NO5. The van der Waals surface area contributed by atoms with Gasteiger partial charge in [-0.3, -0.25) is 4.79 Å². The van der Waals surface area contributed by atoms with E-state index in [4.69, 9.17) is 9.47 Å². The number of hydrogen-bond acceptors (Lipinski definition) is 5. The van der Waals surface area contributed by atoms with Gasteiger partial charge in [0.05, 0.1) is 13.2 Å². The third-order valence-corrected chi connectivity index (χ3v) is 4.63. The molecule has 154 valence electrons. The zero-order valence-electron chi connectivity index (χ0n) is 16.7. The number of methoxy groups -OCH3 is 1. The number of hydrogen-bond donors (Lipinski definition) is 2. The predicted molar refractivity (Wildman–Crippen MR) is 112 cm³/mol. The Bertz CT molecular complexity index is 965. The van der Waals surface area contributed by atoms with E-state index in [0.29, 0.717) is 5.75 Å². The van der Waals surface area contributed by atoms with E-state index < -0.39 is 24.0 Å². The van der Waals surface area contributed by atoms with E-state index in [-0.39, 0.29) is 11.3 Å². The average molecular weight is 405 g/mol. The molecule has 0 aliphatic heterocycles. The Morgan fingerprint density at radius 3 is 1.97 bits per heavy atom. The van der Waals surface area contributed by atoms with Crippen LogP contribution in [-0.2, 0) is 9.53 Å². The fourth-order valence-corrected chi connectivity index (χ4v) is 3.00. The van der Waals surface area contributed by atoms with Gasteiger partial charge in [-0.05, 0) is 30.2 Å². The van der Waals surface area contributed by atoms with Gasteiger partial charge in [0.1, 0.15) is 17.1 Å². The Balaban J connectivity index is 1.73. The van der Waals surface area contributed by atoms with Crippen molar-refractivity contribution in [1.29, 1.82) is 0 Å². The molecule has 1 amide bonds. The summed E-state index contributed by atoms with van der Waals surface area (Å²) >= 11 is 0. The number of aromatic hydroxyl groups is 1. The second kappa shape index (κ2) is 9.60. The van der Waals surface area contributed by atoms with Crippen LogP contribution < -0.4 is 10.1 Å². The lowest BCUT2D eigenvalue weighted by molar-refractivity contribution is -0.129. The summed E-state index contributed by atoms with van der Waals surface area (Å²) in [6, 6.07) is 22.9. The second-order valence-corrected chi connectivity index (χ2v) is 6.69. The van der Waals surface area contributed by atoms with Crippen molar-refractivity contribution >= 4 is 11.9 Å². The number of esters is 1. The molecule has 0 radical (unpaired) electrons. The Morgan fingerprint density at radius 1 is 0.900 bits per heavy atom. The molecule has 30 heavy (non-hydrogen) atoms. The minimum atomic E-state index is -1.06. The molecule has 0 aliphatic rings. The van der Waals surface area contributed by atoms with Gasteiger partial charge in [-0.2, -0.15) is 0 Å². The number of nitrogens with one attached hydrogen (secondary N) is 1. The maximum absolute atomic E-state index is 12.8. The lowest BCUT2D eigenvalue weighted by Gasteiger charge is -2.22. The van der Waals surface area contributed by atoms with Gasteiger partial charge < -0.3 is 19.9 Å². The molecule has 0 unspecified atom stereocenters. The lowest BCUT2D eigenvalue weighted by atomic mass is 9.98. The van der Waals surface area contributed by atoms with Crippen molar-refractivity contribution < 1.29 is 24.2 Å². The summed E-state index contributed by atoms with van der Waals surface area (Å²) in [7, 11) is 1.45. The van der Waals surface area contributed by atoms with Crippen molar-refractivity contribution in [3.05, 3.63) is 95.6 Å². The number of phenols is 1. The molecule has 0 saturated heterocycles. The van der Waals surface area contributed by atoms with Crippen molar-refractivity contribution in [3.8, 4) is 11.5 Å². The molecule has 1 atom stereocenters. The summed E-state index contributed by atoms with van der Waals surface area (Å²) in [4.78, 5) is 25.2. The van der Waals surface area contributed by atoms with Crippen LogP contribution >= 0.6 is 0 Å². The van der Waals surface area contributed by atoms with Crippen LogP contribution in [-0.4, -0.2) is 30.2 Å². The third-order valence-electron chi connectivity index (χ3n) is 4.63. The monoisotopic (exact) mass is 405 g/mol. The summed E-state index contributed by atoms with van der Waals surface area (Å²) in [6.07, 6.45) is -1.06.